The van der Waals surface area contributed by atoms with Crippen LogP contribution in [0.5, 0.6) is 5.75 Å². The Morgan fingerprint density at radius 3 is 2.76 bits per heavy atom. The lowest BCUT2D eigenvalue weighted by Gasteiger charge is -2.40. The van der Waals surface area contributed by atoms with Gasteiger partial charge in [0, 0.05) is 20.0 Å². The minimum Gasteiger partial charge on any atom is -0.497 e. The maximum Gasteiger partial charge on any atom is 0.220 e. The van der Waals surface area contributed by atoms with Crippen molar-refractivity contribution >= 4 is 5.91 Å². The molecule has 2 aromatic carbocycles. The highest BCUT2D eigenvalue weighted by Gasteiger charge is 2.45. The molecule has 1 unspecified atom stereocenters. The summed E-state index contributed by atoms with van der Waals surface area (Å²) in [6.07, 6.45) is 3.41. The number of nitrogens with zero attached hydrogens (tertiary/aromatic N) is 1. The summed E-state index contributed by atoms with van der Waals surface area (Å²) in [6, 6.07) is 13.4. The van der Waals surface area contributed by atoms with Crippen LogP contribution < -0.4 is 10.1 Å². The van der Waals surface area contributed by atoms with Gasteiger partial charge in [0.1, 0.15) is 11.6 Å². The molecule has 1 N–H and O–H groups in total. The van der Waals surface area contributed by atoms with Crippen molar-refractivity contribution in [2.45, 2.75) is 43.6 Å². The van der Waals surface area contributed by atoms with Gasteiger partial charge in [0.2, 0.25) is 5.91 Å². The summed E-state index contributed by atoms with van der Waals surface area (Å²) in [4.78, 5) is 14.5. The number of carbonyl (C=O) groups is 1. The van der Waals surface area contributed by atoms with Crippen LogP contribution in [-0.4, -0.2) is 38.1 Å². The second-order valence-electron chi connectivity index (χ2n) is 8.42. The van der Waals surface area contributed by atoms with Gasteiger partial charge in [-0.2, -0.15) is 0 Å². The highest BCUT2D eigenvalue weighted by atomic mass is 19.1. The Balaban J connectivity index is 1.49. The van der Waals surface area contributed by atoms with Crippen LogP contribution in [-0.2, 0) is 16.8 Å². The number of methoxy groups -OCH3 is 1. The first-order valence-corrected chi connectivity index (χ1v) is 10.4. The quantitative estimate of drug-likeness (QED) is 0.831. The van der Waals surface area contributed by atoms with Gasteiger partial charge in [0.15, 0.2) is 0 Å². The van der Waals surface area contributed by atoms with Crippen LogP contribution in [0.2, 0.25) is 0 Å². The summed E-state index contributed by atoms with van der Waals surface area (Å²) in [5, 5.41) is 2.74. The molecule has 0 radical (unpaired) electrons. The monoisotopic (exact) mass is 396 g/mol. The van der Waals surface area contributed by atoms with Crippen LogP contribution in [0.25, 0.3) is 0 Å². The van der Waals surface area contributed by atoms with E-state index in [4.69, 9.17) is 4.74 Å². The first-order chi connectivity index (χ1) is 14.0. The molecule has 2 aromatic rings. The summed E-state index contributed by atoms with van der Waals surface area (Å²) < 4.78 is 19.4. The van der Waals surface area contributed by atoms with Crippen LogP contribution in [0, 0.1) is 5.82 Å². The lowest BCUT2D eigenvalue weighted by Crippen LogP contribution is -2.41. The molecular formula is C24H29FN2O2. The van der Waals surface area contributed by atoms with E-state index < -0.39 is 0 Å². The number of halogens is 1. The van der Waals surface area contributed by atoms with Crippen LogP contribution >= 0.6 is 0 Å². The van der Waals surface area contributed by atoms with E-state index in [9.17, 15) is 9.18 Å². The maximum absolute atomic E-state index is 14.1. The molecule has 2 aliphatic rings. The third-order valence-electron chi connectivity index (χ3n) is 6.73. The van der Waals surface area contributed by atoms with Gasteiger partial charge in [-0.25, -0.2) is 4.39 Å². The molecule has 1 amide bonds. The molecule has 29 heavy (non-hydrogen) atoms. The Kier molecular flexibility index (Phi) is 5.59. The van der Waals surface area contributed by atoms with Crippen LogP contribution in [0.4, 0.5) is 4.39 Å². The molecule has 1 spiro atoms. The highest BCUT2D eigenvalue weighted by Crippen LogP contribution is 2.53. The summed E-state index contributed by atoms with van der Waals surface area (Å²) in [6.45, 7) is 2.84. The minimum atomic E-state index is -0.178. The lowest BCUT2D eigenvalue weighted by molar-refractivity contribution is -0.121. The molecule has 0 aromatic heterocycles. The van der Waals surface area contributed by atoms with Gasteiger partial charge in [0.05, 0.1) is 7.11 Å². The molecule has 1 saturated heterocycles. The van der Waals surface area contributed by atoms with Crippen LogP contribution in [0.3, 0.4) is 0 Å². The first-order valence-electron chi connectivity index (χ1n) is 10.4. The summed E-state index contributed by atoms with van der Waals surface area (Å²) in [5.74, 6) is 0.934. The number of amides is 1. The minimum absolute atomic E-state index is 0.0129. The number of rotatable bonds is 5. The Hall–Kier alpha value is -2.40. The maximum atomic E-state index is 14.1. The van der Waals surface area contributed by atoms with E-state index in [0.717, 1.165) is 55.8 Å². The summed E-state index contributed by atoms with van der Waals surface area (Å²) in [7, 11) is 3.37. The van der Waals surface area contributed by atoms with E-state index in [1.165, 1.54) is 11.6 Å². The predicted octanol–water partition coefficient (Wildman–Crippen LogP) is 3.99. The second-order valence-corrected chi connectivity index (χ2v) is 8.42. The number of piperidine rings is 1. The van der Waals surface area contributed by atoms with Crippen molar-refractivity contribution in [3.05, 3.63) is 65.0 Å². The summed E-state index contributed by atoms with van der Waals surface area (Å²) >= 11 is 0. The van der Waals surface area contributed by atoms with E-state index in [0.29, 0.717) is 6.42 Å². The third-order valence-corrected chi connectivity index (χ3v) is 6.73. The fourth-order valence-electron chi connectivity index (χ4n) is 5.18. The second kappa shape index (κ2) is 8.15. The molecular weight excluding hydrogens is 367 g/mol. The molecule has 4 nitrogen and oxygen atoms in total. The number of fused-ring (bicyclic) bond motifs is 2. The molecule has 4 rings (SSSR count). The SMILES string of the molecule is CNC(=O)CC1CC2(CCN(Cc3cccc(OC)c3)CC2)c2cc(F)ccc21. The number of ether oxygens (including phenoxy) is 1. The number of carbonyl (C=O) groups excluding carboxylic acids is 1. The highest BCUT2D eigenvalue weighted by molar-refractivity contribution is 5.77. The van der Waals surface area contributed by atoms with Crippen LogP contribution in [0.1, 0.15) is 48.3 Å². The Labute approximate surface area is 172 Å². The van der Waals surface area contributed by atoms with E-state index >= 15 is 0 Å². The van der Waals surface area contributed by atoms with Gasteiger partial charge in [-0.15, -0.1) is 0 Å². The van der Waals surface area contributed by atoms with Gasteiger partial charge in [-0.05, 0) is 84.6 Å². The smallest absolute Gasteiger partial charge is 0.220 e. The zero-order chi connectivity index (χ0) is 20.4. The third kappa shape index (κ3) is 4.01. The average molecular weight is 397 g/mol. The molecule has 0 bridgehead atoms. The Bertz CT molecular complexity index is 890. The fourth-order valence-corrected chi connectivity index (χ4v) is 5.18. The number of benzene rings is 2. The van der Waals surface area contributed by atoms with Crippen molar-refractivity contribution in [1.82, 2.24) is 10.2 Å². The van der Waals surface area contributed by atoms with E-state index in [-0.39, 0.29) is 23.1 Å². The predicted molar refractivity (Wildman–Crippen MR) is 112 cm³/mol. The van der Waals surface area contributed by atoms with Gasteiger partial charge < -0.3 is 10.1 Å². The van der Waals surface area contributed by atoms with Gasteiger partial charge in [-0.3, -0.25) is 9.69 Å². The van der Waals surface area contributed by atoms with Gasteiger partial charge >= 0.3 is 0 Å². The molecule has 5 heteroatoms. The normalized spacial score (nSPS) is 20.4. The van der Waals surface area contributed by atoms with Crippen molar-refractivity contribution in [3.8, 4) is 5.75 Å². The molecule has 154 valence electrons. The van der Waals surface area contributed by atoms with Crippen molar-refractivity contribution in [3.63, 3.8) is 0 Å². The molecule has 1 heterocycles. The van der Waals surface area contributed by atoms with Crippen LogP contribution in [0.15, 0.2) is 42.5 Å². The molecule has 1 atom stereocenters. The zero-order valence-electron chi connectivity index (χ0n) is 17.2. The topological polar surface area (TPSA) is 41.6 Å². The van der Waals surface area contributed by atoms with E-state index in [1.807, 2.05) is 18.2 Å². The van der Waals surface area contributed by atoms with Crippen molar-refractivity contribution in [2.75, 3.05) is 27.2 Å². The average Bonchev–Trinajstić information content (AvgIpc) is 3.02. The van der Waals surface area contributed by atoms with Crippen molar-refractivity contribution < 1.29 is 13.9 Å². The molecule has 1 fully saturated rings. The van der Waals surface area contributed by atoms with E-state index in [1.54, 1.807) is 20.2 Å². The van der Waals surface area contributed by atoms with Crippen molar-refractivity contribution in [2.24, 2.45) is 0 Å². The van der Waals surface area contributed by atoms with Crippen molar-refractivity contribution in [1.29, 1.82) is 0 Å². The van der Waals surface area contributed by atoms with E-state index in [2.05, 4.69) is 22.3 Å². The zero-order valence-corrected chi connectivity index (χ0v) is 17.2. The number of hydrogen-bond donors (Lipinski definition) is 1. The Morgan fingerprint density at radius 1 is 1.24 bits per heavy atom. The largest absolute Gasteiger partial charge is 0.497 e. The van der Waals surface area contributed by atoms with Gasteiger partial charge in [0.25, 0.3) is 0 Å². The van der Waals surface area contributed by atoms with Gasteiger partial charge in [-0.1, -0.05) is 18.2 Å². The summed E-state index contributed by atoms with van der Waals surface area (Å²) in [5.41, 5.74) is 3.53. The standard InChI is InChI=1S/C24H29FN2O2/c1-26-23(28)13-18-15-24(22-14-19(25)6-7-21(18)22)8-10-27(11-9-24)16-17-4-3-5-20(12-17)29-2/h3-7,12,14,18H,8-11,13,15-16H2,1-2H3,(H,26,28). The molecule has 0 saturated carbocycles. The molecule has 1 aliphatic heterocycles. The fraction of sp³-hybridized carbons (Fsp3) is 0.458. The lowest BCUT2D eigenvalue weighted by atomic mass is 9.73. The number of likely N-dealkylation sites (tertiary alicyclic amines) is 1. The molecule has 1 aliphatic carbocycles. The number of hydrogen-bond acceptors (Lipinski definition) is 3. The first kappa shape index (κ1) is 19.9. The Morgan fingerprint density at radius 2 is 2.03 bits per heavy atom. The number of nitrogens with one attached hydrogen (secondary N) is 1.